The Morgan fingerprint density at radius 1 is 1.36 bits per heavy atom. The highest BCUT2D eigenvalue weighted by Crippen LogP contribution is 2.42. The van der Waals surface area contributed by atoms with Crippen molar-refractivity contribution in [1.29, 1.82) is 0 Å². The lowest BCUT2D eigenvalue weighted by atomic mass is 9.80. The van der Waals surface area contributed by atoms with E-state index in [0.717, 1.165) is 44.9 Å². The van der Waals surface area contributed by atoms with Gasteiger partial charge in [-0.15, -0.1) is 6.58 Å². The number of nitrogens with zero attached hydrogens (tertiary/aromatic N) is 1. The molecule has 1 N–H and O–H groups in total. The molecule has 1 aliphatic heterocycles. The first-order valence-corrected chi connectivity index (χ1v) is 9.67. The number of carbonyl (C=O) groups is 2. The summed E-state index contributed by atoms with van der Waals surface area (Å²) >= 11 is 0. The van der Waals surface area contributed by atoms with Crippen molar-refractivity contribution < 1.29 is 14.3 Å². The van der Waals surface area contributed by atoms with Crippen molar-refractivity contribution in [3.63, 3.8) is 0 Å². The second-order valence-electron chi connectivity index (χ2n) is 8.15. The Labute approximate surface area is 152 Å². The lowest BCUT2D eigenvalue weighted by Gasteiger charge is -2.36. The Kier molecular flexibility index (Phi) is 6.30. The number of allylic oxidation sites excluding steroid dienone is 1. The molecule has 1 heterocycles. The highest BCUT2D eigenvalue weighted by molar-refractivity contribution is 5.97. The van der Waals surface area contributed by atoms with E-state index < -0.39 is 11.1 Å². The van der Waals surface area contributed by atoms with Crippen LogP contribution in [0.25, 0.3) is 0 Å². The molecule has 0 unspecified atom stereocenters. The van der Waals surface area contributed by atoms with Gasteiger partial charge in [-0.05, 0) is 45.4 Å². The van der Waals surface area contributed by atoms with Gasteiger partial charge in [0.05, 0.1) is 12.6 Å². The van der Waals surface area contributed by atoms with Crippen molar-refractivity contribution in [3.05, 3.63) is 12.7 Å². The van der Waals surface area contributed by atoms with Crippen LogP contribution in [0.1, 0.15) is 72.6 Å². The van der Waals surface area contributed by atoms with Crippen molar-refractivity contribution in [2.45, 2.75) is 84.4 Å². The van der Waals surface area contributed by atoms with Gasteiger partial charge < -0.3 is 4.74 Å². The number of rotatable bonds is 6. The van der Waals surface area contributed by atoms with Gasteiger partial charge in [0, 0.05) is 5.41 Å². The molecule has 1 saturated heterocycles. The standard InChI is InChI=1S/C20H34N2O3/c1-6-8-11-20(12-9-10-13-20)17(23)21-18(24)22-16(15(3)7-2)14-25-19(22,4)5/h6,15-16H,1,7-14H2,2-5H3,(H,21,23,24)/t15-,16-/m1/s1. The summed E-state index contributed by atoms with van der Waals surface area (Å²) < 4.78 is 5.85. The molecule has 0 bridgehead atoms. The van der Waals surface area contributed by atoms with E-state index in [0.29, 0.717) is 12.5 Å². The van der Waals surface area contributed by atoms with Crippen molar-refractivity contribution in [1.82, 2.24) is 10.2 Å². The van der Waals surface area contributed by atoms with Crippen molar-refractivity contribution >= 4 is 11.9 Å². The predicted molar refractivity (Wildman–Crippen MR) is 99.0 cm³/mol. The summed E-state index contributed by atoms with van der Waals surface area (Å²) in [5.41, 5.74) is -1.11. The zero-order valence-electron chi connectivity index (χ0n) is 16.3. The lowest BCUT2D eigenvalue weighted by molar-refractivity contribution is -0.130. The Hall–Kier alpha value is -1.36. The van der Waals surface area contributed by atoms with Gasteiger partial charge in [0.25, 0.3) is 0 Å². The van der Waals surface area contributed by atoms with E-state index >= 15 is 0 Å². The van der Waals surface area contributed by atoms with Crippen LogP contribution in [-0.2, 0) is 9.53 Å². The molecule has 142 valence electrons. The predicted octanol–water partition coefficient (Wildman–Crippen LogP) is 4.23. The van der Waals surface area contributed by atoms with Crippen LogP contribution in [0.15, 0.2) is 12.7 Å². The molecule has 3 amide bonds. The molecule has 5 heteroatoms. The summed E-state index contributed by atoms with van der Waals surface area (Å²) in [6.45, 7) is 12.3. The zero-order chi connectivity index (χ0) is 18.7. The lowest BCUT2D eigenvalue weighted by Crippen LogP contribution is -2.56. The van der Waals surface area contributed by atoms with E-state index in [1.54, 1.807) is 4.90 Å². The highest BCUT2D eigenvalue weighted by Gasteiger charge is 2.47. The summed E-state index contributed by atoms with van der Waals surface area (Å²) in [6, 6.07) is -0.316. The van der Waals surface area contributed by atoms with Crippen LogP contribution < -0.4 is 5.32 Å². The van der Waals surface area contributed by atoms with Gasteiger partial charge in [-0.2, -0.15) is 0 Å². The molecule has 0 aromatic heterocycles. The van der Waals surface area contributed by atoms with E-state index in [4.69, 9.17) is 4.74 Å². The van der Waals surface area contributed by atoms with Crippen LogP contribution in [0, 0.1) is 11.3 Å². The van der Waals surface area contributed by atoms with E-state index in [-0.39, 0.29) is 18.0 Å². The molecule has 2 fully saturated rings. The van der Waals surface area contributed by atoms with Crippen LogP contribution in [0.2, 0.25) is 0 Å². The number of hydrogen-bond donors (Lipinski definition) is 1. The summed E-state index contributed by atoms with van der Waals surface area (Å²) in [5.74, 6) is 0.200. The van der Waals surface area contributed by atoms with E-state index in [1.165, 1.54) is 0 Å². The molecule has 2 rings (SSSR count). The Bertz CT molecular complexity index is 509. The number of ether oxygens (including phenoxy) is 1. The van der Waals surface area contributed by atoms with Gasteiger partial charge in [-0.25, -0.2) is 4.79 Å². The molecular weight excluding hydrogens is 316 g/mol. The topological polar surface area (TPSA) is 58.6 Å². The van der Waals surface area contributed by atoms with E-state index in [2.05, 4.69) is 25.7 Å². The SMILES string of the molecule is C=CCCC1(C(=O)NC(=O)N2[C@@H]([C@H](C)CC)COC2(C)C)CCCC1. The van der Waals surface area contributed by atoms with Gasteiger partial charge in [-0.1, -0.05) is 39.2 Å². The van der Waals surface area contributed by atoms with Gasteiger partial charge in [0.15, 0.2) is 0 Å². The van der Waals surface area contributed by atoms with Gasteiger partial charge in [-0.3, -0.25) is 15.0 Å². The number of imide groups is 1. The normalized spacial score (nSPS) is 25.6. The third kappa shape index (κ3) is 4.08. The van der Waals surface area contributed by atoms with Crippen LogP contribution in [0.3, 0.4) is 0 Å². The van der Waals surface area contributed by atoms with E-state index in [9.17, 15) is 9.59 Å². The van der Waals surface area contributed by atoms with Crippen LogP contribution in [0.4, 0.5) is 4.79 Å². The molecule has 0 spiro atoms. The van der Waals surface area contributed by atoms with Crippen molar-refractivity contribution in [3.8, 4) is 0 Å². The average Bonchev–Trinajstić information content (AvgIpc) is 3.17. The van der Waals surface area contributed by atoms with Gasteiger partial charge >= 0.3 is 6.03 Å². The Morgan fingerprint density at radius 3 is 2.56 bits per heavy atom. The minimum absolute atomic E-state index is 0.000466. The molecule has 0 radical (unpaired) electrons. The molecule has 0 aromatic carbocycles. The number of hydrogen-bond acceptors (Lipinski definition) is 3. The molecular formula is C20H34N2O3. The molecule has 1 saturated carbocycles. The minimum atomic E-state index is -0.692. The van der Waals surface area contributed by atoms with Crippen LogP contribution in [0.5, 0.6) is 0 Å². The molecule has 5 nitrogen and oxygen atoms in total. The smallest absolute Gasteiger partial charge is 0.326 e. The monoisotopic (exact) mass is 350 g/mol. The molecule has 1 aliphatic carbocycles. The number of urea groups is 1. The summed E-state index contributed by atoms with van der Waals surface area (Å²) in [5, 5.41) is 2.71. The molecule has 0 aromatic rings. The van der Waals surface area contributed by atoms with Crippen LogP contribution >= 0.6 is 0 Å². The maximum Gasteiger partial charge on any atom is 0.326 e. The largest absolute Gasteiger partial charge is 0.354 e. The van der Waals surface area contributed by atoms with Crippen LogP contribution in [-0.4, -0.2) is 35.2 Å². The summed E-state index contributed by atoms with van der Waals surface area (Å²) in [7, 11) is 0. The summed E-state index contributed by atoms with van der Waals surface area (Å²) in [4.78, 5) is 27.7. The molecule has 2 aliphatic rings. The number of amides is 3. The van der Waals surface area contributed by atoms with Gasteiger partial charge in [0.2, 0.25) is 5.91 Å². The fourth-order valence-electron chi connectivity index (χ4n) is 4.23. The first-order chi connectivity index (χ1) is 11.8. The quantitative estimate of drug-likeness (QED) is 0.729. The second-order valence-corrected chi connectivity index (χ2v) is 8.15. The number of carbonyl (C=O) groups excluding carboxylic acids is 2. The fourth-order valence-corrected chi connectivity index (χ4v) is 4.23. The van der Waals surface area contributed by atoms with E-state index in [1.807, 2.05) is 19.9 Å². The fraction of sp³-hybridized carbons (Fsp3) is 0.800. The number of nitrogens with one attached hydrogen (secondary N) is 1. The highest BCUT2D eigenvalue weighted by atomic mass is 16.5. The molecule has 2 atom stereocenters. The Balaban J connectivity index is 2.13. The molecule has 25 heavy (non-hydrogen) atoms. The first-order valence-electron chi connectivity index (χ1n) is 9.67. The summed E-state index contributed by atoms with van der Waals surface area (Å²) in [6.07, 6.45) is 8.19. The van der Waals surface area contributed by atoms with Crippen molar-refractivity contribution in [2.75, 3.05) is 6.61 Å². The second kappa shape index (κ2) is 7.90. The third-order valence-electron chi connectivity index (χ3n) is 6.13. The maximum atomic E-state index is 13.0. The van der Waals surface area contributed by atoms with Gasteiger partial charge in [0.1, 0.15) is 5.72 Å². The third-order valence-corrected chi connectivity index (χ3v) is 6.13. The first kappa shape index (κ1) is 20.0. The maximum absolute atomic E-state index is 13.0. The zero-order valence-corrected chi connectivity index (χ0v) is 16.3. The van der Waals surface area contributed by atoms with Crippen molar-refractivity contribution in [2.24, 2.45) is 11.3 Å². The average molecular weight is 351 g/mol. The Morgan fingerprint density at radius 2 is 2.00 bits per heavy atom. The minimum Gasteiger partial charge on any atom is -0.354 e.